The minimum Gasteiger partial charge on any atom is -0.294 e. The molecule has 1 aliphatic heterocycles. The van der Waals surface area contributed by atoms with Crippen molar-refractivity contribution in [2.75, 3.05) is 4.90 Å². The lowest BCUT2D eigenvalue weighted by Crippen LogP contribution is -2.93. The number of anilines is 1. The second-order valence-electron chi connectivity index (χ2n) is 7.00. The number of nitrogens with two attached hydrogens (primary N) is 1. The van der Waals surface area contributed by atoms with Gasteiger partial charge in [-0.1, -0.05) is 18.1 Å². The number of carbonyl (C=O) groups excluding carboxylic acids is 2. The second-order valence-corrected chi connectivity index (χ2v) is 7.00. The van der Waals surface area contributed by atoms with Crippen LogP contribution in [-0.4, -0.2) is 16.8 Å². The maximum Gasteiger partial charge on any atom is 0.433 e. The maximum atomic E-state index is 13.1. The summed E-state index contributed by atoms with van der Waals surface area (Å²) in [6.45, 7) is 1.73. The molecule has 2 aliphatic rings. The van der Waals surface area contributed by atoms with Gasteiger partial charge in [-0.3, -0.25) is 15.1 Å². The zero-order valence-electron chi connectivity index (χ0n) is 16.0. The minimum atomic E-state index is -4.63. The van der Waals surface area contributed by atoms with E-state index in [4.69, 9.17) is 0 Å². The van der Waals surface area contributed by atoms with E-state index in [9.17, 15) is 22.8 Å². The number of urea groups is 1. The summed E-state index contributed by atoms with van der Waals surface area (Å²) in [6.07, 6.45) is -3.10. The third-order valence-electron chi connectivity index (χ3n) is 5.14. The van der Waals surface area contributed by atoms with Crippen molar-refractivity contribution in [1.82, 2.24) is 4.98 Å². The fraction of sp³-hybridized carbons (Fsp3) is 0.227. The fourth-order valence-electron chi connectivity index (χ4n) is 3.86. The van der Waals surface area contributed by atoms with E-state index in [0.29, 0.717) is 17.7 Å². The van der Waals surface area contributed by atoms with Crippen LogP contribution in [0.4, 0.5) is 23.7 Å². The number of allylic oxidation sites excluding steroid dienone is 1. The van der Waals surface area contributed by atoms with Gasteiger partial charge in [0.25, 0.3) is 0 Å². The molecule has 5 nitrogen and oxygen atoms in total. The Labute approximate surface area is 170 Å². The first-order valence-corrected chi connectivity index (χ1v) is 9.31. The zero-order valence-corrected chi connectivity index (χ0v) is 16.0. The quantitative estimate of drug-likeness (QED) is 0.770. The van der Waals surface area contributed by atoms with Crippen molar-refractivity contribution in [3.63, 3.8) is 0 Å². The van der Waals surface area contributed by atoms with Gasteiger partial charge in [0.15, 0.2) is 11.8 Å². The lowest BCUT2D eigenvalue weighted by Gasteiger charge is -2.30. The standard InChI is InChI=1S/C22H16F3N3O2/c1-2-3-13-4-6-14(7-5-13)20-19-16(8-9-17(19)29)28(21(30)27-20)15-10-11-26-18(12-15)22(23,24)25/h4-7,10-12,20H,8-9H2,1H3,(H,27,30)/p+1. The summed E-state index contributed by atoms with van der Waals surface area (Å²) in [6, 6.07) is 8.42. The largest absolute Gasteiger partial charge is 0.433 e. The molecule has 0 saturated carbocycles. The number of nitrogens with zero attached hydrogens (tertiary/aromatic N) is 2. The number of quaternary nitrogens is 1. The molecule has 1 atom stereocenters. The molecule has 4 rings (SSSR count). The number of hydrogen-bond acceptors (Lipinski definition) is 3. The molecule has 2 aromatic rings. The Morgan fingerprint density at radius 2 is 1.87 bits per heavy atom. The summed E-state index contributed by atoms with van der Waals surface area (Å²) in [4.78, 5) is 30.1. The number of pyridine rings is 1. The molecule has 2 N–H and O–H groups in total. The Morgan fingerprint density at radius 1 is 1.13 bits per heavy atom. The van der Waals surface area contributed by atoms with E-state index < -0.39 is 23.9 Å². The molecule has 152 valence electrons. The maximum absolute atomic E-state index is 13.1. The first kappa shape index (κ1) is 19.9. The Balaban J connectivity index is 1.78. The topological polar surface area (TPSA) is 66.9 Å². The molecule has 8 heteroatoms. The number of amides is 2. The summed E-state index contributed by atoms with van der Waals surface area (Å²) >= 11 is 0. The number of aromatic nitrogens is 1. The summed E-state index contributed by atoms with van der Waals surface area (Å²) < 4.78 is 39.3. The predicted molar refractivity (Wildman–Crippen MR) is 102 cm³/mol. The van der Waals surface area contributed by atoms with E-state index in [2.05, 4.69) is 16.8 Å². The van der Waals surface area contributed by atoms with Crippen molar-refractivity contribution >= 4 is 17.5 Å². The van der Waals surface area contributed by atoms with Crippen LogP contribution in [0.2, 0.25) is 0 Å². The van der Waals surface area contributed by atoms with Gasteiger partial charge < -0.3 is 0 Å². The summed E-state index contributed by atoms with van der Waals surface area (Å²) in [7, 11) is 0. The Kier molecular flexibility index (Phi) is 4.92. The van der Waals surface area contributed by atoms with Gasteiger partial charge in [0, 0.05) is 29.4 Å². The summed E-state index contributed by atoms with van der Waals surface area (Å²) in [5, 5.41) is 1.39. The number of Topliss-reactive ketones (excluding diaryl/α,β-unsaturated/α-hetero) is 1. The molecule has 2 amide bonds. The average Bonchev–Trinajstić information content (AvgIpc) is 3.09. The molecule has 0 spiro atoms. The molecule has 1 unspecified atom stereocenters. The predicted octanol–water partition coefficient (Wildman–Crippen LogP) is 3.33. The van der Waals surface area contributed by atoms with Crippen molar-refractivity contribution < 1.29 is 28.1 Å². The minimum absolute atomic E-state index is 0.0489. The molecule has 1 aromatic carbocycles. The van der Waals surface area contributed by atoms with Crippen molar-refractivity contribution in [2.24, 2.45) is 0 Å². The fourth-order valence-corrected chi connectivity index (χ4v) is 3.86. The highest BCUT2D eigenvalue weighted by Gasteiger charge is 2.45. The van der Waals surface area contributed by atoms with Crippen LogP contribution in [-0.2, 0) is 11.0 Å². The summed E-state index contributed by atoms with van der Waals surface area (Å²) in [5.41, 5.74) is 1.44. The van der Waals surface area contributed by atoms with Crippen LogP contribution in [0, 0.1) is 11.8 Å². The number of benzene rings is 1. The van der Waals surface area contributed by atoms with Gasteiger partial charge in [-0.25, -0.2) is 9.69 Å². The first-order chi connectivity index (χ1) is 14.3. The molecule has 0 saturated heterocycles. The molecule has 1 aromatic heterocycles. The van der Waals surface area contributed by atoms with Crippen LogP contribution >= 0.6 is 0 Å². The number of primary amides is 1. The van der Waals surface area contributed by atoms with Crippen LogP contribution < -0.4 is 10.2 Å². The third kappa shape index (κ3) is 3.48. The Bertz CT molecular complexity index is 1120. The van der Waals surface area contributed by atoms with Gasteiger partial charge in [0.1, 0.15) is 5.69 Å². The number of ketones is 1. The number of carbonyl (C=O) groups is 2. The van der Waals surface area contributed by atoms with Crippen LogP contribution in [0.1, 0.15) is 42.6 Å². The molecule has 0 radical (unpaired) electrons. The molecule has 1 aliphatic carbocycles. The van der Waals surface area contributed by atoms with Crippen molar-refractivity contribution in [2.45, 2.75) is 32.0 Å². The van der Waals surface area contributed by atoms with Gasteiger partial charge in [-0.15, -0.1) is 5.92 Å². The van der Waals surface area contributed by atoms with Gasteiger partial charge in [-0.2, -0.15) is 13.2 Å². The monoisotopic (exact) mass is 412 g/mol. The van der Waals surface area contributed by atoms with Crippen molar-refractivity contribution in [1.29, 1.82) is 0 Å². The van der Waals surface area contributed by atoms with E-state index in [1.165, 1.54) is 16.3 Å². The van der Waals surface area contributed by atoms with Gasteiger partial charge in [0.2, 0.25) is 0 Å². The summed E-state index contributed by atoms with van der Waals surface area (Å²) in [5.74, 6) is 5.64. The lowest BCUT2D eigenvalue weighted by molar-refractivity contribution is -0.592. The highest BCUT2D eigenvalue weighted by Crippen LogP contribution is 2.39. The van der Waals surface area contributed by atoms with Crippen LogP contribution in [0.25, 0.3) is 0 Å². The normalized spacial score (nSPS) is 18.9. The van der Waals surface area contributed by atoms with Crippen LogP contribution in [0.15, 0.2) is 53.9 Å². The Hall–Kier alpha value is -3.44. The number of rotatable bonds is 2. The van der Waals surface area contributed by atoms with Crippen molar-refractivity contribution in [3.05, 3.63) is 70.7 Å². The van der Waals surface area contributed by atoms with Crippen LogP contribution in [0.5, 0.6) is 0 Å². The number of alkyl halides is 3. The molecular weight excluding hydrogens is 395 g/mol. The van der Waals surface area contributed by atoms with Gasteiger partial charge >= 0.3 is 12.2 Å². The van der Waals surface area contributed by atoms with E-state index in [1.54, 1.807) is 6.92 Å². The highest BCUT2D eigenvalue weighted by molar-refractivity contribution is 6.05. The second kappa shape index (κ2) is 7.43. The van der Waals surface area contributed by atoms with Crippen LogP contribution in [0.3, 0.4) is 0 Å². The first-order valence-electron chi connectivity index (χ1n) is 9.31. The zero-order chi connectivity index (χ0) is 21.5. The molecular formula is C22H17F3N3O2+. The average molecular weight is 412 g/mol. The smallest absolute Gasteiger partial charge is 0.294 e. The van der Waals surface area contributed by atoms with E-state index in [-0.39, 0.29) is 17.9 Å². The molecule has 30 heavy (non-hydrogen) atoms. The van der Waals surface area contributed by atoms with Gasteiger partial charge in [0.05, 0.1) is 11.3 Å². The number of hydrogen-bond donors (Lipinski definition) is 1. The molecule has 0 fully saturated rings. The highest BCUT2D eigenvalue weighted by atomic mass is 19.4. The molecule has 0 bridgehead atoms. The van der Waals surface area contributed by atoms with E-state index in [1.807, 2.05) is 24.3 Å². The van der Waals surface area contributed by atoms with Crippen molar-refractivity contribution in [3.8, 4) is 11.8 Å². The lowest BCUT2D eigenvalue weighted by atomic mass is 9.94. The Morgan fingerprint density at radius 3 is 2.53 bits per heavy atom. The van der Waals surface area contributed by atoms with E-state index in [0.717, 1.165) is 23.4 Å². The SMILES string of the molecule is CC#Cc1ccc(C2[NH2+]C(=O)N(c3ccnc(C(F)(F)F)c3)C3=C2C(=O)CC3)cc1. The number of halogens is 3. The molecule has 2 heterocycles. The van der Waals surface area contributed by atoms with Gasteiger partial charge in [-0.05, 0) is 37.6 Å². The third-order valence-corrected chi connectivity index (χ3v) is 5.14. The van der Waals surface area contributed by atoms with E-state index >= 15 is 0 Å².